The van der Waals surface area contributed by atoms with Gasteiger partial charge in [-0.1, -0.05) is 71.7 Å². The number of hydrogen-bond donors (Lipinski definition) is 1. The van der Waals surface area contributed by atoms with E-state index in [1.165, 1.54) is 0 Å². The van der Waals surface area contributed by atoms with Crippen molar-refractivity contribution in [2.24, 2.45) is 0 Å². The fraction of sp³-hybridized carbons (Fsp3) is 0.324. The number of halogens is 2. The zero-order valence-electron chi connectivity index (χ0n) is 27.2. The number of amides is 2. The van der Waals surface area contributed by atoms with Crippen molar-refractivity contribution in [3.63, 3.8) is 0 Å². The third kappa shape index (κ3) is 6.55. The van der Waals surface area contributed by atoms with Crippen molar-refractivity contribution in [3.05, 3.63) is 100 Å². The molecule has 2 fully saturated rings. The molecule has 11 heteroatoms. The van der Waals surface area contributed by atoms with Crippen LogP contribution in [-0.2, 0) is 11.3 Å². The Hall–Kier alpha value is -4.31. The standard InChI is InChI=1S/C37H38Cl2N6O3/c1-37(2,3)48-36(47)43-17-15-42(16-18-43)28-21-44(22-28)35(46)33-31(29-14-13-27(39)19-30(29)41-33)34-32(25-7-5-4-6-8-25)40-23-45(34)20-24-9-11-26(38)12-10-24/h4-14,19,23,28,41H,15-18,20-22H2,1-3H3. The minimum Gasteiger partial charge on any atom is -0.444 e. The zero-order chi connectivity index (χ0) is 33.6. The first kappa shape index (κ1) is 32.2. The molecule has 248 valence electrons. The van der Waals surface area contributed by atoms with Crippen LogP contribution in [0.2, 0.25) is 10.0 Å². The fourth-order valence-corrected chi connectivity index (χ4v) is 6.84. The Kier molecular flexibility index (Phi) is 8.70. The summed E-state index contributed by atoms with van der Waals surface area (Å²) >= 11 is 12.6. The Morgan fingerprint density at radius 1 is 0.896 bits per heavy atom. The number of aromatic nitrogens is 3. The largest absolute Gasteiger partial charge is 0.444 e. The van der Waals surface area contributed by atoms with Crippen molar-refractivity contribution in [1.29, 1.82) is 0 Å². The molecule has 0 aliphatic carbocycles. The van der Waals surface area contributed by atoms with Crippen LogP contribution in [0, 0.1) is 0 Å². The Balaban J connectivity index is 1.18. The van der Waals surface area contributed by atoms with Crippen LogP contribution < -0.4 is 0 Å². The summed E-state index contributed by atoms with van der Waals surface area (Å²) in [5, 5.41) is 2.16. The van der Waals surface area contributed by atoms with Gasteiger partial charge in [0.05, 0.1) is 17.7 Å². The molecule has 5 aromatic rings. The molecule has 9 nitrogen and oxygen atoms in total. The van der Waals surface area contributed by atoms with E-state index in [9.17, 15) is 9.59 Å². The van der Waals surface area contributed by atoms with Crippen LogP contribution in [-0.4, -0.2) is 92.1 Å². The Morgan fingerprint density at radius 2 is 1.58 bits per heavy atom. The minimum absolute atomic E-state index is 0.0702. The quantitative estimate of drug-likeness (QED) is 0.201. The number of likely N-dealkylation sites (tertiary alicyclic amines) is 1. The number of nitrogens with one attached hydrogen (secondary N) is 1. The van der Waals surface area contributed by atoms with E-state index in [2.05, 4.69) is 14.5 Å². The number of rotatable bonds is 6. The molecule has 3 aromatic carbocycles. The van der Waals surface area contributed by atoms with Crippen molar-refractivity contribution < 1.29 is 14.3 Å². The predicted octanol–water partition coefficient (Wildman–Crippen LogP) is 7.43. The summed E-state index contributed by atoms with van der Waals surface area (Å²) in [6, 6.07) is 23.7. The van der Waals surface area contributed by atoms with Crippen LogP contribution >= 0.6 is 23.2 Å². The highest BCUT2D eigenvalue weighted by Crippen LogP contribution is 2.40. The van der Waals surface area contributed by atoms with Gasteiger partial charge in [-0.05, 0) is 50.6 Å². The normalized spacial score (nSPS) is 15.9. The lowest BCUT2D eigenvalue weighted by molar-refractivity contribution is -0.00861. The highest BCUT2D eigenvalue weighted by atomic mass is 35.5. The highest BCUT2D eigenvalue weighted by molar-refractivity contribution is 6.31. The molecule has 0 saturated carbocycles. The second-order valence-corrected chi connectivity index (χ2v) is 14.4. The van der Waals surface area contributed by atoms with Gasteiger partial charge >= 0.3 is 6.09 Å². The molecule has 0 atom stereocenters. The van der Waals surface area contributed by atoms with E-state index in [-0.39, 0.29) is 18.0 Å². The molecule has 1 N–H and O–H groups in total. The number of nitrogens with zero attached hydrogens (tertiary/aromatic N) is 5. The molecule has 7 rings (SSSR count). The van der Waals surface area contributed by atoms with Gasteiger partial charge in [-0.25, -0.2) is 9.78 Å². The maximum atomic E-state index is 14.4. The fourth-order valence-electron chi connectivity index (χ4n) is 6.54. The second kappa shape index (κ2) is 13.0. The van der Waals surface area contributed by atoms with E-state index in [0.717, 1.165) is 52.1 Å². The summed E-state index contributed by atoms with van der Waals surface area (Å²) in [4.78, 5) is 41.3. The average molecular weight is 686 g/mol. The minimum atomic E-state index is -0.523. The van der Waals surface area contributed by atoms with Gasteiger partial charge < -0.3 is 24.1 Å². The van der Waals surface area contributed by atoms with E-state index in [0.29, 0.717) is 48.5 Å². The first-order chi connectivity index (χ1) is 23.0. The Labute approximate surface area is 290 Å². The molecule has 2 aromatic heterocycles. The number of H-pyrrole nitrogens is 1. The summed E-state index contributed by atoms with van der Waals surface area (Å²) in [6.07, 6.45) is 1.57. The van der Waals surface area contributed by atoms with Crippen molar-refractivity contribution in [2.75, 3.05) is 39.3 Å². The van der Waals surface area contributed by atoms with Gasteiger partial charge in [0.2, 0.25) is 0 Å². The number of carbonyl (C=O) groups excluding carboxylic acids is 2. The molecule has 2 amide bonds. The summed E-state index contributed by atoms with van der Waals surface area (Å²) in [5.74, 6) is -0.0702. The van der Waals surface area contributed by atoms with Gasteiger partial charge in [0.15, 0.2) is 0 Å². The number of piperazine rings is 1. The van der Waals surface area contributed by atoms with Crippen molar-refractivity contribution in [2.45, 2.75) is 39.0 Å². The number of hydrogen-bond acceptors (Lipinski definition) is 5. The Bertz CT molecular complexity index is 1950. The number of imidazole rings is 1. The number of carbonyl (C=O) groups is 2. The molecule has 4 heterocycles. The molecule has 0 bridgehead atoms. The van der Waals surface area contributed by atoms with Gasteiger partial charge in [-0.15, -0.1) is 0 Å². The van der Waals surface area contributed by atoms with Crippen molar-refractivity contribution >= 4 is 46.1 Å². The molecule has 0 radical (unpaired) electrons. The van der Waals surface area contributed by atoms with E-state index < -0.39 is 5.60 Å². The summed E-state index contributed by atoms with van der Waals surface area (Å²) in [7, 11) is 0. The highest BCUT2D eigenvalue weighted by Gasteiger charge is 2.39. The molecule has 0 spiro atoms. The summed E-state index contributed by atoms with van der Waals surface area (Å²) < 4.78 is 7.66. The van der Waals surface area contributed by atoms with E-state index in [1.54, 1.807) is 4.90 Å². The first-order valence-corrected chi connectivity index (χ1v) is 17.0. The van der Waals surface area contributed by atoms with Crippen LogP contribution in [0.15, 0.2) is 79.1 Å². The molecule has 2 aliphatic rings. The number of aromatic amines is 1. The van der Waals surface area contributed by atoms with Gasteiger partial charge in [0, 0.05) is 83.9 Å². The van der Waals surface area contributed by atoms with Gasteiger partial charge in [0.25, 0.3) is 5.91 Å². The van der Waals surface area contributed by atoms with Crippen molar-refractivity contribution in [1.82, 2.24) is 29.2 Å². The van der Waals surface area contributed by atoms with E-state index >= 15 is 0 Å². The lowest BCUT2D eigenvalue weighted by Gasteiger charge is -2.48. The van der Waals surface area contributed by atoms with Crippen LogP contribution in [0.5, 0.6) is 0 Å². The maximum absolute atomic E-state index is 14.4. The van der Waals surface area contributed by atoms with Crippen molar-refractivity contribution in [3.8, 4) is 22.5 Å². The SMILES string of the molecule is CC(C)(C)OC(=O)N1CCN(C2CN(C(=O)c3[nH]c4cc(Cl)ccc4c3-c3c(-c4ccccc4)ncn3Cc3ccc(Cl)cc3)C2)CC1. The second-order valence-electron chi connectivity index (χ2n) is 13.5. The van der Waals surface area contributed by atoms with Crippen LogP contribution in [0.25, 0.3) is 33.4 Å². The molecule has 2 saturated heterocycles. The lowest BCUT2D eigenvalue weighted by atomic mass is 9.99. The summed E-state index contributed by atoms with van der Waals surface area (Å²) in [5.41, 5.74) is 5.23. The Morgan fingerprint density at radius 3 is 2.27 bits per heavy atom. The predicted molar refractivity (Wildman–Crippen MR) is 190 cm³/mol. The maximum Gasteiger partial charge on any atom is 0.410 e. The van der Waals surface area contributed by atoms with E-state index in [4.69, 9.17) is 32.9 Å². The average Bonchev–Trinajstić information content (AvgIpc) is 3.61. The first-order valence-electron chi connectivity index (χ1n) is 16.2. The van der Waals surface area contributed by atoms with Crippen LogP contribution in [0.4, 0.5) is 4.79 Å². The third-order valence-corrected chi connectivity index (χ3v) is 9.48. The van der Waals surface area contributed by atoms with Gasteiger partial charge in [-0.2, -0.15) is 0 Å². The third-order valence-electron chi connectivity index (χ3n) is 8.99. The number of benzene rings is 3. The van der Waals surface area contributed by atoms with E-state index in [1.807, 2.05) is 105 Å². The molecular weight excluding hydrogens is 647 g/mol. The molecule has 48 heavy (non-hydrogen) atoms. The lowest BCUT2D eigenvalue weighted by Crippen LogP contribution is -2.64. The number of ether oxygens (including phenoxy) is 1. The molecular formula is C37H38Cl2N6O3. The van der Waals surface area contributed by atoms with Gasteiger partial charge in [0.1, 0.15) is 11.3 Å². The smallest absolute Gasteiger partial charge is 0.410 e. The van der Waals surface area contributed by atoms with Gasteiger partial charge in [-0.3, -0.25) is 9.69 Å². The van der Waals surface area contributed by atoms with Crippen LogP contribution in [0.3, 0.4) is 0 Å². The topological polar surface area (TPSA) is 86.7 Å². The zero-order valence-corrected chi connectivity index (χ0v) is 28.8. The number of fused-ring (bicyclic) bond motifs is 1. The molecule has 0 unspecified atom stereocenters. The summed E-state index contributed by atoms with van der Waals surface area (Å²) in [6.45, 7) is 10.1. The molecule has 2 aliphatic heterocycles. The van der Waals surface area contributed by atoms with Crippen LogP contribution in [0.1, 0.15) is 36.8 Å². The monoisotopic (exact) mass is 684 g/mol.